The summed E-state index contributed by atoms with van der Waals surface area (Å²) < 4.78 is 10.7. The number of nitrogens with zero attached hydrogens (tertiary/aromatic N) is 1. The summed E-state index contributed by atoms with van der Waals surface area (Å²) in [5, 5.41) is 14.9. The molecule has 0 bridgehead atoms. The van der Waals surface area contributed by atoms with Crippen LogP contribution in [0.4, 0.5) is 5.69 Å². The fraction of sp³-hybridized carbons (Fsp3) is 0.238. The molecule has 0 saturated carbocycles. The fourth-order valence-corrected chi connectivity index (χ4v) is 2.37. The smallest absolute Gasteiger partial charge is 0.267 e. The number of amides is 1. The van der Waals surface area contributed by atoms with Gasteiger partial charge in [0.05, 0.1) is 7.11 Å². The Morgan fingerprint density at radius 3 is 2.48 bits per heavy atom. The van der Waals surface area contributed by atoms with Crippen LogP contribution in [0.15, 0.2) is 54.2 Å². The van der Waals surface area contributed by atoms with Gasteiger partial charge in [-0.3, -0.25) is 4.79 Å². The Bertz CT molecular complexity index is 852. The fourth-order valence-electron chi connectivity index (χ4n) is 2.37. The molecule has 2 aromatic carbocycles. The van der Waals surface area contributed by atoms with Crippen LogP contribution in [0.2, 0.25) is 0 Å². The molecule has 6 heteroatoms. The minimum Gasteiger partial charge on any atom is -0.497 e. The first-order valence-corrected chi connectivity index (χ1v) is 8.52. The highest BCUT2D eigenvalue weighted by atomic mass is 16.5. The van der Waals surface area contributed by atoms with Gasteiger partial charge in [-0.2, -0.15) is 5.26 Å². The molecule has 140 valence electrons. The van der Waals surface area contributed by atoms with Crippen LogP contribution < -0.4 is 20.1 Å². The summed E-state index contributed by atoms with van der Waals surface area (Å²) >= 11 is 0. The van der Waals surface area contributed by atoms with Crippen molar-refractivity contribution in [3.63, 3.8) is 0 Å². The molecule has 0 atom stereocenters. The van der Waals surface area contributed by atoms with E-state index < -0.39 is 5.91 Å². The molecule has 2 rings (SSSR count). The first-order valence-electron chi connectivity index (χ1n) is 8.52. The molecular weight excluding hydrogens is 342 g/mol. The van der Waals surface area contributed by atoms with Crippen LogP contribution in [0.3, 0.4) is 0 Å². The van der Waals surface area contributed by atoms with Crippen LogP contribution in [-0.2, 0) is 4.79 Å². The van der Waals surface area contributed by atoms with Crippen LogP contribution in [0.1, 0.15) is 11.1 Å². The Labute approximate surface area is 159 Å². The third-order valence-electron chi connectivity index (χ3n) is 3.82. The van der Waals surface area contributed by atoms with Crippen molar-refractivity contribution in [2.45, 2.75) is 13.8 Å². The van der Waals surface area contributed by atoms with Crippen molar-refractivity contribution < 1.29 is 14.3 Å². The first-order chi connectivity index (χ1) is 13.0. The van der Waals surface area contributed by atoms with E-state index in [0.717, 1.165) is 22.6 Å². The Balaban J connectivity index is 1.82. The van der Waals surface area contributed by atoms with E-state index in [1.54, 1.807) is 7.11 Å². The number of aryl methyl sites for hydroxylation is 2. The number of carbonyl (C=O) groups excluding carboxylic acids is 1. The minimum absolute atomic E-state index is 0.000535. The first kappa shape index (κ1) is 19.9. The maximum atomic E-state index is 12.2. The van der Waals surface area contributed by atoms with Gasteiger partial charge < -0.3 is 20.1 Å². The number of benzene rings is 2. The lowest BCUT2D eigenvalue weighted by atomic mass is 10.1. The summed E-state index contributed by atoms with van der Waals surface area (Å²) in [4.78, 5) is 12.2. The van der Waals surface area contributed by atoms with Gasteiger partial charge in [0.1, 0.15) is 29.7 Å². The van der Waals surface area contributed by atoms with Crippen molar-refractivity contribution in [1.29, 1.82) is 5.26 Å². The lowest BCUT2D eigenvalue weighted by molar-refractivity contribution is -0.112. The molecule has 0 unspecified atom stereocenters. The maximum absolute atomic E-state index is 12.2. The molecule has 0 fully saturated rings. The molecule has 2 aromatic rings. The van der Waals surface area contributed by atoms with Crippen molar-refractivity contribution in [3.8, 4) is 17.6 Å². The molecule has 0 aliphatic heterocycles. The zero-order valence-corrected chi connectivity index (χ0v) is 15.7. The zero-order valence-electron chi connectivity index (χ0n) is 15.7. The number of ether oxygens (including phenoxy) is 2. The number of anilines is 1. The average Bonchev–Trinajstić information content (AvgIpc) is 2.67. The van der Waals surface area contributed by atoms with E-state index in [2.05, 4.69) is 10.6 Å². The molecule has 0 spiro atoms. The van der Waals surface area contributed by atoms with E-state index in [1.807, 2.05) is 62.4 Å². The molecule has 0 aliphatic carbocycles. The summed E-state index contributed by atoms with van der Waals surface area (Å²) in [6.45, 7) is 4.73. The largest absolute Gasteiger partial charge is 0.497 e. The van der Waals surface area contributed by atoms with E-state index in [9.17, 15) is 10.1 Å². The molecule has 0 heterocycles. The predicted octanol–water partition coefficient (Wildman–Crippen LogP) is 3.33. The normalized spacial score (nSPS) is 10.7. The molecular formula is C21H23N3O3. The Morgan fingerprint density at radius 1 is 1.15 bits per heavy atom. The Kier molecular flexibility index (Phi) is 7.26. The van der Waals surface area contributed by atoms with E-state index in [1.165, 1.54) is 6.20 Å². The van der Waals surface area contributed by atoms with Crippen LogP contribution in [0.25, 0.3) is 0 Å². The van der Waals surface area contributed by atoms with Gasteiger partial charge >= 0.3 is 0 Å². The van der Waals surface area contributed by atoms with Gasteiger partial charge in [-0.1, -0.05) is 17.7 Å². The van der Waals surface area contributed by atoms with E-state index in [0.29, 0.717) is 18.8 Å². The van der Waals surface area contributed by atoms with Crippen LogP contribution in [0, 0.1) is 25.2 Å². The zero-order chi connectivity index (χ0) is 19.6. The molecule has 6 nitrogen and oxygen atoms in total. The van der Waals surface area contributed by atoms with Crippen LogP contribution in [0.5, 0.6) is 11.5 Å². The van der Waals surface area contributed by atoms with Crippen molar-refractivity contribution in [3.05, 3.63) is 65.4 Å². The van der Waals surface area contributed by atoms with Crippen molar-refractivity contribution >= 4 is 11.6 Å². The molecule has 1 amide bonds. The van der Waals surface area contributed by atoms with Crippen molar-refractivity contribution in [2.24, 2.45) is 0 Å². The van der Waals surface area contributed by atoms with E-state index >= 15 is 0 Å². The number of nitrogens with one attached hydrogen (secondary N) is 2. The Morgan fingerprint density at radius 2 is 1.85 bits per heavy atom. The summed E-state index contributed by atoms with van der Waals surface area (Å²) in [6.07, 6.45) is 1.40. The summed E-state index contributed by atoms with van der Waals surface area (Å²) in [5.41, 5.74) is 2.75. The summed E-state index contributed by atoms with van der Waals surface area (Å²) in [7, 11) is 1.61. The third kappa shape index (κ3) is 6.08. The molecule has 0 aromatic heterocycles. The number of hydrogen-bond acceptors (Lipinski definition) is 5. The van der Waals surface area contributed by atoms with Gasteiger partial charge in [0.2, 0.25) is 0 Å². The lowest BCUT2D eigenvalue weighted by Gasteiger charge is -2.09. The standard InChI is InChI=1S/C21H23N3O3/c1-15-4-9-20(16(2)12-15)24-21(25)17(13-22)14-23-10-11-27-19-7-5-18(26-3)6-8-19/h4-9,12,14,23H,10-11H2,1-3H3,(H,24,25)/b17-14-. The number of methoxy groups -OCH3 is 1. The highest BCUT2D eigenvalue weighted by Gasteiger charge is 2.10. The Hall–Kier alpha value is -3.46. The number of hydrogen-bond donors (Lipinski definition) is 2. The average molecular weight is 365 g/mol. The quantitative estimate of drug-likeness (QED) is 0.426. The van der Waals surface area contributed by atoms with E-state index in [-0.39, 0.29) is 5.57 Å². The highest BCUT2D eigenvalue weighted by molar-refractivity contribution is 6.06. The van der Waals surface area contributed by atoms with Gasteiger partial charge in [0, 0.05) is 18.4 Å². The second kappa shape index (κ2) is 9.88. The van der Waals surface area contributed by atoms with Crippen LogP contribution >= 0.6 is 0 Å². The van der Waals surface area contributed by atoms with Gasteiger partial charge in [0.15, 0.2) is 0 Å². The minimum atomic E-state index is -0.451. The maximum Gasteiger partial charge on any atom is 0.267 e. The number of rotatable bonds is 8. The summed E-state index contributed by atoms with van der Waals surface area (Å²) in [6, 6.07) is 14.9. The van der Waals surface area contributed by atoms with Gasteiger partial charge in [-0.25, -0.2) is 0 Å². The summed E-state index contributed by atoms with van der Waals surface area (Å²) in [5.74, 6) is 1.03. The van der Waals surface area contributed by atoms with Gasteiger partial charge in [-0.15, -0.1) is 0 Å². The number of nitriles is 1. The van der Waals surface area contributed by atoms with Gasteiger partial charge in [0.25, 0.3) is 5.91 Å². The molecule has 27 heavy (non-hydrogen) atoms. The van der Waals surface area contributed by atoms with Crippen molar-refractivity contribution in [2.75, 3.05) is 25.6 Å². The molecule has 0 aliphatic rings. The highest BCUT2D eigenvalue weighted by Crippen LogP contribution is 2.17. The van der Waals surface area contributed by atoms with Crippen molar-refractivity contribution in [1.82, 2.24) is 5.32 Å². The monoisotopic (exact) mass is 365 g/mol. The molecule has 2 N–H and O–H groups in total. The molecule has 0 radical (unpaired) electrons. The van der Waals surface area contributed by atoms with E-state index in [4.69, 9.17) is 9.47 Å². The van der Waals surface area contributed by atoms with Crippen LogP contribution in [-0.4, -0.2) is 26.2 Å². The SMILES string of the molecule is COc1ccc(OCCN/C=C(/C#N)C(=O)Nc2ccc(C)cc2C)cc1. The topological polar surface area (TPSA) is 83.4 Å². The molecule has 0 saturated heterocycles. The predicted molar refractivity (Wildman–Crippen MR) is 105 cm³/mol. The second-order valence-electron chi connectivity index (χ2n) is 5.92. The third-order valence-corrected chi connectivity index (χ3v) is 3.82. The number of carbonyl (C=O) groups is 1. The van der Waals surface area contributed by atoms with Gasteiger partial charge in [-0.05, 0) is 49.7 Å². The lowest BCUT2D eigenvalue weighted by Crippen LogP contribution is -2.20. The second-order valence-corrected chi connectivity index (χ2v) is 5.92.